The van der Waals surface area contributed by atoms with Gasteiger partial charge in [-0.1, -0.05) is 32.0 Å². The third-order valence-electron chi connectivity index (χ3n) is 6.81. The van der Waals surface area contributed by atoms with Crippen molar-refractivity contribution in [2.45, 2.75) is 63.6 Å². The zero-order chi connectivity index (χ0) is 32.8. The minimum absolute atomic E-state index is 0.0484. The van der Waals surface area contributed by atoms with E-state index in [9.17, 15) is 24.2 Å². The fourth-order valence-electron chi connectivity index (χ4n) is 4.54. The molecular weight excluding hydrogens is 611 g/mol. The van der Waals surface area contributed by atoms with Gasteiger partial charge in [0.1, 0.15) is 42.4 Å². The minimum Gasteiger partial charge on any atom is -0.468 e. The van der Waals surface area contributed by atoms with Crippen molar-refractivity contribution in [3.63, 3.8) is 0 Å². The highest BCUT2D eigenvalue weighted by molar-refractivity contribution is 7.52. The molecule has 3 heterocycles. The standard InChI is InChI=1S/C28H33N6O10P/c1-5-21(35)41-24-23(19-12-13-20-26(30)31-16-32-34(19)20)43-28(14-29,25(24)42-22(36)6-2)15-40-45(38,33-17(3)27(37)39-4)44-18-10-8-7-9-11-18/h7-13,16-17,23-25H,5-6,15H2,1-4H3,(H,33,38)(H2,30,31,32)/t17-,23-,24-,25-,28+,45+/m0/s1. The second-order valence-corrected chi connectivity index (χ2v) is 11.6. The molecule has 3 aromatic rings. The van der Waals surface area contributed by atoms with Crippen LogP contribution in [-0.4, -0.2) is 70.1 Å². The van der Waals surface area contributed by atoms with Gasteiger partial charge in [0.05, 0.1) is 12.8 Å². The smallest absolute Gasteiger partial charge is 0.459 e. The van der Waals surface area contributed by atoms with Crippen LogP contribution in [0.5, 0.6) is 5.75 Å². The predicted molar refractivity (Wildman–Crippen MR) is 155 cm³/mol. The Kier molecular flexibility index (Phi) is 10.4. The highest BCUT2D eigenvalue weighted by atomic mass is 31.2. The molecule has 1 aliphatic rings. The van der Waals surface area contributed by atoms with Crippen molar-refractivity contribution >= 4 is 37.0 Å². The van der Waals surface area contributed by atoms with Crippen LogP contribution in [0.2, 0.25) is 0 Å². The molecule has 17 heteroatoms. The summed E-state index contributed by atoms with van der Waals surface area (Å²) in [4.78, 5) is 41.4. The number of para-hydroxylation sites is 1. The number of nitrogen functional groups attached to an aromatic ring is 1. The Hall–Kier alpha value is -4.55. The van der Waals surface area contributed by atoms with Gasteiger partial charge < -0.3 is 29.2 Å². The maximum absolute atomic E-state index is 14.1. The number of nitrogens with two attached hydrogens (primary N) is 1. The molecule has 0 unspecified atom stereocenters. The molecule has 0 bridgehead atoms. The first-order valence-electron chi connectivity index (χ1n) is 13.9. The summed E-state index contributed by atoms with van der Waals surface area (Å²) in [5.41, 5.74) is 4.46. The summed E-state index contributed by atoms with van der Waals surface area (Å²) in [6.07, 6.45) is -3.16. The van der Waals surface area contributed by atoms with E-state index < -0.39 is 62.2 Å². The van der Waals surface area contributed by atoms with Crippen LogP contribution in [0, 0.1) is 11.3 Å². The summed E-state index contributed by atoms with van der Waals surface area (Å²) in [5.74, 6) is -1.94. The molecule has 0 aliphatic carbocycles. The maximum Gasteiger partial charge on any atom is 0.459 e. The Morgan fingerprint density at radius 1 is 1.16 bits per heavy atom. The Morgan fingerprint density at radius 2 is 1.84 bits per heavy atom. The highest BCUT2D eigenvalue weighted by Crippen LogP contribution is 2.50. The average Bonchev–Trinajstić information content (AvgIpc) is 3.60. The number of methoxy groups -OCH3 is 1. The van der Waals surface area contributed by atoms with Crippen LogP contribution >= 0.6 is 7.75 Å². The molecule has 1 aliphatic heterocycles. The van der Waals surface area contributed by atoms with Crippen LogP contribution in [0.25, 0.3) is 5.52 Å². The van der Waals surface area contributed by atoms with Crippen LogP contribution in [-0.2, 0) is 42.4 Å². The van der Waals surface area contributed by atoms with Crippen LogP contribution in [0.3, 0.4) is 0 Å². The number of anilines is 1. The molecule has 16 nitrogen and oxygen atoms in total. The van der Waals surface area contributed by atoms with Gasteiger partial charge in [-0.25, -0.2) is 14.1 Å². The SMILES string of the molecule is CCC(=O)O[C@H]1[C@H](c2ccc3c(N)ncnn23)O[C@](C#N)(CO[P@](=O)(N[C@@H](C)C(=O)OC)Oc2ccccc2)[C@H]1OC(=O)CC. The van der Waals surface area contributed by atoms with E-state index in [0.29, 0.717) is 5.52 Å². The third-order valence-corrected chi connectivity index (χ3v) is 8.44. The number of benzene rings is 1. The van der Waals surface area contributed by atoms with Gasteiger partial charge in [-0.05, 0) is 31.2 Å². The summed E-state index contributed by atoms with van der Waals surface area (Å²) < 4.78 is 49.3. The van der Waals surface area contributed by atoms with E-state index in [1.165, 1.54) is 36.8 Å². The van der Waals surface area contributed by atoms with Crippen LogP contribution < -0.4 is 15.3 Å². The summed E-state index contributed by atoms with van der Waals surface area (Å²) in [7, 11) is -3.34. The highest BCUT2D eigenvalue weighted by Gasteiger charge is 2.62. The number of hydrogen-bond donors (Lipinski definition) is 2. The molecule has 0 saturated carbocycles. The van der Waals surface area contributed by atoms with Gasteiger partial charge in [0, 0.05) is 12.8 Å². The van der Waals surface area contributed by atoms with Crippen molar-refractivity contribution in [2.75, 3.05) is 19.5 Å². The molecule has 6 atom stereocenters. The molecule has 240 valence electrons. The Balaban J connectivity index is 1.78. The van der Waals surface area contributed by atoms with E-state index in [0.717, 1.165) is 7.11 Å². The first-order valence-corrected chi connectivity index (χ1v) is 15.4. The number of nitriles is 1. The maximum atomic E-state index is 14.1. The Labute approximate surface area is 258 Å². The van der Waals surface area contributed by atoms with Crippen LogP contribution in [0.15, 0.2) is 48.8 Å². The molecule has 0 amide bonds. The van der Waals surface area contributed by atoms with Crippen LogP contribution in [0.4, 0.5) is 5.82 Å². The van der Waals surface area contributed by atoms with Gasteiger partial charge in [-0.3, -0.25) is 18.9 Å². The van der Waals surface area contributed by atoms with E-state index in [1.54, 1.807) is 37.3 Å². The van der Waals surface area contributed by atoms with Gasteiger partial charge in [0.25, 0.3) is 0 Å². The van der Waals surface area contributed by atoms with E-state index in [1.807, 2.05) is 6.07 Å². The number of fused-ring (bicyclic) bond motifs is 1. The molecule has 3 N–H and O–H groups in total. The van der Waals surface area contributed by atoms with Gasteiger partial charge >= 0.3 is 25.7 Å². The largest absolute Gasteiger partial charge is 0.468 e. The van der Waals surface area contributed by atoms with E-state index in [-0.39, 0.29) is 30.1 Å². The number of nitrogens with one attached hydrogen (secondary N) is 1. The Morgan fingerprint density at radius 3 is 2.49 bits per heavy atom. The molecule has 0 spiro atoms. The molecular formula is C28H33N6O10P. The fourth-order valence-corrected chi connectivity index (χ4v) is 6.06. The fraction of sp³-hybridized carbons (Fsp3) is 0.429. The molecule has 0 radical (unpaired) electrons. The summed E-state index contributed by atoms with van der Waals surface area (Å²) in [5, 5.41) is 17.3. The molecule has 1 fully saturated rings. The van der Waals surface area contributed by atoms with Crippen molar-refractivity contribution in [1.29, 1.82) is 5.26 Å². The lowest BCUT2D eigenvalue weighted by atomic mass is 9.95. The van der Waals surface area contributed by atoms with Crippen molar-refractivity contribution < 1.29 is 46.9 Å². The second-order valence-electron chi connectivity index (χ2n) is 9.86. The number of rotatable bonds is 13. The zero-order valence-corrected chi connectivity index (χ0v) is 25.8. The lowest BCUT2D eigenvalue weighted by Crippen LogP contribution is -2.49. The molecule has 45 heavy (non-hydrogen) atoms. The Bertz CT molecular complexity index is 1630. The van der Waals surface area contributed by atoms with Gasteiger partial charge in [0.2, 0.25) is 5.60 Å². The number of hydrogen-bond acceptors (Lipinski definition) is 14. The van der Waals surface area contributed by atoms with Gasteiger partial charge in [-0.2, -0.15) is 15.4 Å². The normalized spacial score (nSPS) is 23.0. The number of carbonyl (C=O) groups excluding carboxylic acids is 3. The monoisotopic (exact) mass is 644 g/mol. The zero-order valence-electron chi connectivity index (χ0n) is 24.9. The predicted octanol–water partition coefficient (Wildman–Crippen LogP) is 2.64. The molecule has 1 saturated heterocycles. The average molecular weight is 645 g/mol. The summed E-state index contributed by atoms with van der Waals surface area (Å²) >= 11 is 0. The number of aromatic nitrogens is 3. The van der Waals surface area contributed by atoms with Crippen molar-refractivity contribution in [1.82, 2.24) is 19.7 Å². The minimum atomic E-state index is -4.49. The number of carbonyl (C=O) groups is 3. The van der Waals surface area contributed by atoms with Gasteiger partial charge in [-0.15, -0.1) is 0 Å². The van der Waals surface area contributed by atoms with E-state index in [2.05, 4.69) is 15.2 Å². The second kappa shape index (κ2) is 14.0. The van der Waals surface area contributed by atoms with E-state index in [4.69, 9.17) is 33.7 Å². The quantitative estimate of drug-likeness (QED) is 0.155. The lowest BCUT2D eigenvalue weighted by Gasteiger charge is -2.30. The first-order chi connectivity index (χ1) is 21.5. The lowest BCUT2D eigenvalue weighted by molar-refractivity contribution is -0.169. The number of nitrogens with zero attached hydrogens (tertiary/aromatic N) is 4. The van der Waals surface area contributed by atoms with Crippen molar-refractivity contribution in [3.05, 3.63) is 54.5 Å². The molecule has 1 aromatic carbocycles. The number of ether oxygens (including phenoxy) is 4. The topological polar surface area (TPSA) is 216 Å². The van der Waals surface area contributed by atoms with Crippen molar-refractivity contribution in [3.8, 4) is 11.8 Å². The van der Waals surface area contributed by atoms with Gasteiger partial charge in [0.15, 0.2) is 18.0 Å². The van der Waals surface area contributed by atoms with Crippen LogP contribution in [0.1, 0.15) is 45.4 Å². The van der Waals surface area contributed by atoms with E-state index >= 15 is 0 Å². The summed E-state index contributed by atoms with van der Waals surface area (Å²) in [6.45, 7) is 3.63. The number of esters is 3. The third kappa shape index (κ3) is 7.23. The van der Waals surface area contributed by atoms with Crippen molar-refractivity contribution in [2.24, 2.45) is 0 Å². The first kappa shape index (κ1) is 33.3. The molecule has 2 aromatic heterocycles. The summed E-state index contributed by atoms with van der Waals surface area (Å²) in [6, 6.07) is 11.9. The molecule has 4 rings (SSSR count).